The first-order valence-electron chi connectivity index (χ1n) is 9.84. The van der Waals surface area contributed by atoms with Crippen LogP contribution in [-0.2, 0) is 28.7 Å². The topological polar surface area (TPSA) is 112 Å². The predicted molar refractivity (Wildman–Crippen MR) is 92.4 cm³/mol. The van der Waals surface area contributed by atoms with Gasteiger partial charge in [0.1, 0.15) is 0 Å². The van der Waals surface area contributed by atoms with E-state index < -0.39 is 30.1 Å². The van der Waals surface area contributed by atoms with E-state index in [1.807, 2.05) is 13.8 Å². The fourth-order valence-corrected chi connectivity index (χ4v) is 5.21. The van der Waals surface area contributed by atoms with E-state index in [4.69, 9.17) is 24.2 Å². The number of hydrogen-bond acceptors (Lipinski definition) is 7. The molecule has 0 aromatic carbocycles. The molecule has 3 rings (SSSR count). The first-order valence-corrected chi connectivity index (χ1v) is 9.84. The minimum Gasteiger partial charge on any atom is -0.481 e. The van der Waals surface area contributed by atoms with Gasteiger partial charge in [-0.1, -0.05) is 13.8 Å². The highest BCUT2D eigenvalue weighted by Gasteiger charge is 2.65. The largest absolute Gasteiger partial charge is 0.481 e. The standard InChI is InChI=1S/C19H30O8/c1-10-4-6-14-12(3)17(25-16(22)9-8-15(20)21)26-18-19(14,27-23)13(10)7-5-11(2)24-18/h10-14,17-18,23H,4-9H2,1-3H3,(H,20,21). The number of carbonyl (C=O) groups excluding carboxylic acids is 1. The zero-order chi connectivity index (χ0) is 19.8. The first-order chi connectivity index (χ1) is 12.8. The predicted octanol–water partition coefficient (Wildman–Crippen LogP) is 2.80. The molecule has 0 bridgehead atoms. The second-order valence-corrected chi connectivity index (χ2v) is 8.32. The Morgan fingerprint density at radius 1 is 1.04 bits per heavy atom. The third-order valence-electron chi connectivity index (χ3n) is 6.66. The van der Waals surface area contributed by atoms with Crippen molar-refractivity contribution in [3.63, 3.8) is 0 Å². The van der Waals surface area contributed by atoms with Crippen LogP contribution < -0.4 is 0 Å². The third-order valence-corrected chi connectivity index (χ3v) is 6.66. The highest BCUT2D eigenvalue weighted by molar-refractivity contribution is 5.76. The molecule has 3 aliphatic rings. The molecule has 0 radical (unpaired) electrons. The Bertz CT molecular complexity index is 566. The molecular formula is C19H30O8. The van der Waals surface area contributed by atoms with Gasteiger partial charge >= 0.3 is 11.9 Å². The van der Waals surface area contributed by atoms with Crippen molar-refractivity contribution < 1.29 is 39.1 Å². The summed E-state index contributed by atoms with van der Waals surface area (Å²) in [5.74, 6) is -1.53. The molecule has 3 fully saturated rings. The molecule has 8 heteroatoms. The molecule has 0 aromatic rings. The highest BCUT2D eigenvalue weighted by Crippen LogP contribution is 2.56. The number of carboxylic acid groups (broad SMARTS) is 1. The van der Waals surface area contributed by atoms with E-state index in [0.717, 1.165) is 25.7 Å². The average molecular weight is 386 g/mol. The van der Waals surface area contributed by atoms with Gasteiger partial charge in [-0.25, -0.2) is 4.89 Å². The summed E-state index contributed by atoms with van der Waals surface area (Å²) < 4.78 is 17.5. The van der Waals surface area contributed by atoms with Crippen LogP contribution in [0.5, 0.6) is 0 Å². The number of esters is 1. The Hall–Kier alpha value is -1.22. The van der Waals surface area contributed by atoms with Gasteiger partial charge in [-0.15, -0.1) is 0 Å². The minimum atomic E-state index is -1.05. The smallest absolute Gasteiger partial charge is 0.308 e. The monoisotopic (exact) mass is 386 g/mol. The summed E-state index contributed by atoms with van der Waals surface area (Å²) in [5, 5.41) is 18.7. The summed E-state index contributed by atoms with van der Waals surface area (Å²) in [4.78, 5) is 27.9. The van der Waals surface area contributed by atoms with Gasteiger partial charge in [-0.3, -0.25) is 14.8 Å². The van der Waals surface area contributed by atoms with Gasteiger partial charge in [0, 0.05) is 11.8 Å². The lowest BCUT2D eigenvalue weighted by molar-refractivity contribution is -0.457. The third kappa shape index (κ3) is 3.72. The number of aliphatic carboxylic acids is 1. The maximum atomic E-state index is 12.0. The average Bonchev–Trinajstić information content (AvgIpc) is 2.76. The quantitative estimate of drug-likeness (QED) is 0.421. The first kappa shape index (κ1) is 20.5. The van der Waals surface area contributed by atoms with Gasteiger partial charge < -0.3 is 19.3 Å². The zero-order valence-corrected chi connectivity index (χ0v) is 16.1. The molecule has 8 nitrogen and oxygen atoms in total. The Balaban J connectivity index is 1.84. The lowest BCUT2D eigenvalue weighted by Gasteiger charge is -2.57. The summed E-state index contributed by atoms with van der Waals surface area (Å²) >= 11 is 0. The second-order valence-electron chi connectivity index (χ2n) is 8.32. The van der Waals surface area contributed by atoms with Gasteiger partial charge in [-0.05, 0) is 44.4 Å². The zero-order valence-electron chi connectivity index (χ0n) is 16.1. The van der Waals surface area contributed by atoms with Crippen LogP contribution in [0.15, 0.2) is 0 Å². The molecule has 27 heavy (non-hydrogen) atoms. The fraction of sp³-hybridized carbons (Fsp3) is 0.895. The maximum Gasteiger partial charge on any atom is 0.308 e. The Labute approximate surface area is 159 Å². The molecule has 154 valence electrons. The highest BCUT2D eigenvalue weighted by atomic mass is 17.1. The van der Waals surface area contributed by atoms with E-state index in [9.17, 15) is 14.8 Å². The van der Waals surface area contributed by atoms with Crippen molar-refractivity contribution in [1.29, 1.82) is 0 Å². The van der Waals surface area contributed by atoms with Crippen LogP contribution in [-0.4, -0.2) is 46.6 Å². The van der Waals surface area contributed by atoms with Gasteiger partial charge in [0.05, 0.1) is 18.9 Å². The lowest BCUT2D eigenvalue weighted by Crippen LogP contribution is -2.67. The Kier molecular flexibility index (Phi) is 6.10. The van der Waals surface area contributed by atoms with Crippen molar-refractivity contribution in [2.24, 2.45) is 23.7 Å². The van der Waals surface area contributed by atoms with E-state index in [1.54, 1.807) is 0 Å². The van der Waals surface area contributed by atoms with Crippen molar-refractivity contribution in [3.05, 3.63) is 0 Å². The molecule has 2 saturated heterocycles. The van der Waals surface area contributed by atoms with Gasteiger partial charge in [-0.2, -0.15) is 0 Å². The number of rotatable bonds is 5. The molecule has 2 heterocycles. The van der Waals surface area contributed by atoms with Crippen molar-refractivity contribution in [1.82, 2.24) is 0 Å². The molecule has 2 aliphatic heterocycles. The Morgan fingerprint density at radius 2 is 1.74 bits per heavy atom. The van der Waals surface area contributed by atoms with Crippen LogP contribution in [0.2, 0.25) is 0 Å². The summed E-state index contributed by atoms with van der Waals surface area (Å²) in [7, 11) is 0. The van der Waals surface area contributed by atoms with E-state index in [-0.39, 0.29) is 36.7 Å². The number of ether oxygens (including phenoxy) is 3. The van der Waals surface area contributed by atoms with Crippen molar-refractivity contribution in [2.45, 2.75) is 83.6 Å². The fourth-order valence-electron chi connectivity index (χ4n) is 5.21. The molecule has 1 saturated carbocycles. The molecular weight excluding hydrogens is 356 g/mol. The van der Waals surface area contributed by atoms with Crippen LogP contribution in [0, 0.1) is 23.7 Å². The number of carboxylic acids is 1. The SMILES string of the molecule is CC1CCC2C(C)CCC3C(C)C(OC(=O)CCC(=O)O)OC(O1)C23OO. The second kappa shape index (κ2) is 8.03. The molecule has 0 aromatic heterocycles. The minimum absolute atomic E-state index is 0.0720. The van der Waals surface area contributed by atoms with Crippen LogP contribution in [0.3, 0.4) is 0 Å². The molecule has 8 atom stereocenters. The van der Waals surface area contributed by atoms with Gasteiger partial charge in [0.25, 0.3) is 0 Å². The van der Waals surface area contributed by atoms with E-state index in [0.29, 0.717) is 5.92 Å². The molecule has 0 amide bonds. The van der Waals surface area contributed by atoms with Gasteiger partial charge in [0.2, 0.25) is 6.29 Å². The van der Waals surface area contributed by atoms with Crippen molar-refractivity contribution in [3.8, 4) is 0 Å². The molecule has 8 unspecified atom stereocenters. The van der Waals surface area contributed by atoms with Crippen LogP contribution in [0.25, 0.3) is 0 Å². The molecule has 0 spiro atoms. The van der Waals surface area contributed by atoms with E-state index >= 15 is 0 Å². The lowest BCUT2D eigenvalue weighted by atomic mass is 9.58. The van der Waals surface area contributed by atoms with Gasteiger partial charge in [0.15, 0.2) is 11.9 Å². The van der Waals surface area contributed by atoms with E-state index in [2.05, 4.69) is 6.92 Å². The maximum absolute atomic E-state index is 12.0. The summed E-state index contributed by atoms with van der Waals surface area (Å²) in [5.41, 5.74) is -0.980. The van der Waals surface area contributed by atoms with Crippen LogP contribution in [0.1, 0.15) is 59.3 Å². The Morgan fingerprint density at radius 3 is 2.41 bits per heavy atom. The summed E-state index contributed by atoms with van der Waals surface area (Å²) in [6.07, 6.45) is 1.23. The van der Waals surface area contributed by atoms with Crippen LogP contribution >= 0.6 is 0 Å². The number of hydrogen-bond donors (Lipinski definition) is 2. The van der Waals surface area contributed by atoms with Crippen molar-refractivity contribution >= 4 is 11.9 Å². The van der Waals surface area contributed by atoms with E-state index in [1.165, 1.54) is 0 Å². The van der Waals surface area contributed by atoms with Crippen LogP contribution in [0.4, 0.5) is 0 Å². The number of carbonyl (C=O) groups is 2. The molecule has 1 aliphatic carbocycles. The normalized spacial score (nSPS) is 44.1. The van der Waals surface area contributed by atoms with Crippen molar-refractivity contribution in [2.75, 3.05) is 0 Å². The summed E-state index contributed by atoms with van der Waals surface area (Å²) in [6, 6.07) is 0. The molecule has 2 N–H and O–H groups in total. The summed E-state index contributed by atoms with van der Waals surface area (Å²) in [6.45, 7) is 6.03.